The summed E-state index contributed by atoms with van der Waals surface area (Å²) in [5, 5.41) is 14.8. The number of carbonyl (C=O) groups is 2. The van der Waals surface area contributed by atoms with Crippen LogP contribution in [0.2, 0.25) is 0 Å². The van der Waals surface area contributed by atoms with Crippen molar-refractivity contribution in [1.82, 2.24) is 0 Å². The number of rotatable bonds is 4. The summed E-state index contributed by atoms with van der Waals surface area (Å²) in [6.07, 6.45) is 1.02. The van der Waals surface area contributed by atoms with Gasteiger partial charge in [-0.1, -0.05) is 61.5 Å². The Labute approximate surface area is 203 Å². The van der Waals surface area contributed by atoms with Crippen LogP contribution in [0, 0.1) is 10.1 Å². The smallest absolute Gasteiger partial charge is 0.269 e. The van der Waals surface area contributed by atoms with Crippen LogP contribution in [-0.4, -0.2) is 16.6 Å². The first-order valence-electron chi connectivity index (χ1n) is 11.7. The molecule has 7 heteroatoms. The molecule has 7 nitrogen and oxygen atoms in total. The van der Waals surface area contributed by atoms with Gasteiger partial charge in [0.05, 0.1) is 22.3 Å². The lowest BCUT2D eigenvalue weighted by atomic mass is 9.78. The molecule has 1 aliphatic heterocycles. The minimum atomic E-state index is -0.562. The van der Waals surface area contributed by atoms with Crippen LogP contribution in [0.5, 0.6) is 0 Å². The number of nitrogens with one attached hydrogen (secondary N) is 1. The summed E-state index contributed by atoms with van der Waals surface area (Å²) in [5.41, 5.74) is 4.45. The summed E-state index contributed by atoms with van der Waals surface area (Å²) >= 11 is 0. The van der Waals surface area contributed by atoms with Gasteiger partial charge in [-0.25, -0.2) is 0 Å². The van der Waals surface area contributed by atoms with Crippen LogP contribution in [-0.2, 0) is 9.59 Å². The normalized spacial score (nSPS) is 19.3. The number of allylic oxidation sites excluding steroid dienone is 1. The van der Waals surface area contributed by atoms with Gasteiger partial charge < -0.3 is 5.32 Å². The van der Waals surface area contributed by atoms with Gasteiger partial charge in [0.25, 0.3) is 5.69 Å². The van der Waals surface area contributed by atoms with E-state index in [0.29, 0.717) is 18.4 Å². The molecule has 0 radical (unpaired) electrons. The van der Waals surface area contributed by atoms with Crippen molar-refractivity contribution in [2.75, 3.05) is 10.2 Å². The van der Waals surface area contributed by atoms with E-state index in [4.69, 9.17) is 0 Å². The Morgan fingerprint density at radius 1 is 1.00 bits per heavy atom. The third-order valence-corrected chi connectivity index (χ3v) is 6.73. The monoisotopic (exact) mass is 467 g/mol. The second kappa shape index (κ2) is 9.18. The first kappa shape index (κ1) is 22.5. The first-order valence-corrected chi connectivity index (χ1v) is 11.7. The number of anilines is 2. The Hall–Kier alpha value is -4.26. The van der Waals surface area contributed by atoms with E-state index in [0.717, 1.165) is 28.2 Å². The van der Waals surface area contributed by atoms with Gasteiger partial charge in [-0.05, 0) is 35.6 Å². The topological polar surface area (TPSA) is 92.6 Å². The standard InChI is InChI=1S/C28H25N3O4/c1-2-26(33)30-24-14-7-6-13-22(24)29-23-16-20(19-11-8-12-21(15-19)31(34)35)17-25(32)27(23)28(30)18-9-4-3-5-10-18/h3-15,20,28-29H,2,16-17H2,1H3/t20-,28-/m1/s1. The molecule has 0 fully saturated rings. The molecule has 1 amide bonds. The number of amides is 1. The molecule has 1 aliphatic carbocycles. The Morgan fingerprint density at radius 3 is 2.46 bits per heavy atom. The molecule has 0 bridgehead atoms. The van der Waals surface area contributed by atoms with Crippen molar-refractivity contribution in [2.45, 2.75) is 38.1 Å². The molecular weight excluding hydrogens is 442 g/mol. The number of carbonyl (C=O) groups excluding carboxylic acids is 2. The molecule has 0 spiro atoms. The SMILES string of the molecule is CCC(=O)N1c2ccccc2NC2=C(C(=O)C[C@H](c3cccc([N+](=O)[O-])c3)C2)[C@H]1c1ccccc1. The second-order valence-corrected chi connectivity index (χ2v) is 8.85. The number of non-ortho nitro benzene ring substituents is 1. The summed E-state index contributed by atoms with van der Waals surface area (Å²) in [4.78, 5) is 39.8. The second-order valence-electron chi connectivity index (χ2n) is 8.85. The minimum Gasteiger partial charge on any atom is -0.357 e. The van der Waals surface area contributed by atoms with E-state index < -0.39 is 11.0 Å². The van der Waals surface area contributed by atoms with Crippen LogP contribution in [0.15, 0.2) is 90.1 Å². The predicted molar refractivity (Wildman–Crippen MR) is 134 cm³/mol. The highest BCUT2D eigenvalue weighted by atomic mass is 16.6. The van der Waals surface area contributed by atoms with Gasteiger partial charge in [0.2, 0.25) is 5.91 Å². The Balaban J connectivity index is 1.68. The largest absolute Gasteiger partial charge is 0.357 e. The zero-order valence-corrected chi connectivity index (χ0v) is 19.3. The molecule has 0 saturated carbocycles. The summed E-state index contributed by atoms with van der Waals surface area (Å²) in [6.45, 7) is 1.82. The molecular formula is C28H25N3O4. The fourth-order valence-corrected chi connectivity index (χ4v) is 5.11. The molecule has 176 valence electrons. The Morgan fingerprint density at radius 2 is 1.71 bits per heavy atom. The third kappa shape index (κ3) is 4.10. The number of benzene rings is 3. The van der Waals surface area contributed by atoms with E-state index in [2.05, 4.69) is 5.32 Å². The summed E-state index contributed by atoms with van der Waals surface area (Å²) < 4.78 is 0. The first-order chi connectivity index (χ1) is 17.0. The molecule has 0 unspecified atom stereocenters. The van der Waals surface area contributed by atoms with Crippen molar-refractivity contribution in [1.29, 1.82) is 0 Å². The van der Waals surface area contributed by atoms with Gasteiger partial charge in [-0.15, -0.1) is 0 Å². The molecule has 0 saturated heterocycles. The number of hydrogen-bond donors (Lipinski definition) is 1. The van der Waals surface area contributed by atoms with Gasteiger partial charge in [0.1, 0.15) is 0 Å². The maximum Gasteiger partial charge on any atom is 0.269 e. The number of nitro benzene ring substituents is 1. The number of ketones is 1. The predicted octanol–water partition coefficient (Wildman–Crippen LogP) is 5.91. The zero-order valence-electron chi connectivity index (χ0n) is 19.3. The Kier molecular flexibility index (Phi) is 5.91. The van der Waals surface area contributed by atoms with Crippen molar-refractivity contribution in [3.05, 3.63) is 111 Å². The fraction of sp³-hybridized carbons (Fsp3) is 0.214. The van der Waals surface area contributed by atoms with Crippen LogP contribution >= 0.6 is 0 Å². The molecule has 0 aromatic heterocycles. The maximum atomic E-state index is 13.8. The number of hydrogen-bond acceptors (Lipinski definition) is 5. The number of Topliss-reactive ketones (excluding diaryl/α,β-unsaturated/α-hetero) is 1. The van der Waals surface area contributed by atoms with Gasteiger partial charge >= 0.3 is 0 Å². The van der Waals surface area contributed by atoms with Crippen LogP contribution in [0.1, 0.15) is 49.3 Å². The van der Waals surface area contributed by atoms with E-state index in [-0.39, 0.29) is 29.7 Å². The molecule has 5 rings (SSSR count). The van der Waals surface area contributed by atoms with Crippen molar-refractivity contribution in [3.63, 3.8) is 0 Å². The summed E-state index contributed by atoms with van der Waals surface area (Å²) in [6, 6.07) is 23.1. The van der Waals surface area contributed by atoms with Gasteiger partial charge in [0.15, 0.2) is 5.78 Å². The Bertz CT molecular complexity index is 1350. The van der Waals surface area contributed by atoms with E-state index in [1.807, 2.05) is 67.6 Å². The molecule has 3 aromatic rings. The van der Waals surface area contributed by atoms with Gasteiger partial charge in [-0.3, -0.25) is 24.6 Å². The lowest BCUT2D eigenvalue weighted by Gasteiger charge is -2.35. The van der Waals surface area contributed by atoms with E-state index >= 15 is 0 Å². The van der Waals surface area contributed by atoms with Crippen LogP contribution in [0.4, 0.5) is 17.1 Å². The van der Waals surface area contributed by atoms with E-state index in [1.165, 1.54) is 6.07 Å². The van der Waals surface area contributed by atoms with E-state index in [1.54, 1.807) is 17.0 Å². The maximum absolute atomic E-state index is 13.8. The van der Waals surface area contributed by atoms with Crippen molar-refractivity contribution < 1.29 is 14.5 Å². The lowest BCUT2D eigenvalue weighted by Crippen LogP contribution is -2.38. The van der Waals surface area contributed by atoms with Crippen molar-refractivity contribution in [2.24, 2.45) is 0 Å². The molecule has 2 atom stereocenters. The average Bonchev–Trinajstić information content (AvgIpc) is 3.03. The third-order valence-electron chi connectivity index (χ3n) is 6.73. The van der Waals surface area contributed by atoms with Crippen LogP contribution < -0.4 is 10.2 Å². The van der Waals surface area contributed by atoms with Gasteiger partial charge in [-0.2, -0.15) is 0 Å². The van der Waals surface area contributed by atoms with E-state index in [9.17, 15) is 19.7 Å². The molecule has 3 aromatic carbocycles. The fourth-order valence-electron chi connectivity index (χ4n) is 5.11. The van der Waals surface area contributed by atoms with Gasteiger partial charge in [0, 0.05) is 36.2 Å². The molecule has 35 heavy (non-hydrogen) atoms. The highest BCUT2D eigenvalue weighted by molar-refractivity contribution is 6.06. The highest BCUT2D eigenvalue weighted by Crippen LogP contribution is 2.47. The quantitative estimate of drug-likeness (QED) is 0.381. The van der Waals surface area contributed by atoms with Crippen LogP contribution in [0.25, 0.3) is 0 Å². The number of fused-ring (bicyclic) bond motifs is 1. The molecule has 2 aliphatic rings. The molecule has 1 N–H and O–H groups in total. The van der Waals surface area contributed by atoms with Crippen LogP contribution in [0.3, 0.4) is 0 Å². The lowest BCUT2D eigenvalue weighted by molar-refractivity contribution is -0.384. The minimum absolute atomic E-state index is 0.00998. The summed E-state index contributed by atoms with van der Waals surface area (Å²) in [7, 11) is 0. The summed E-state index contributed by atoms with van der Waals surface area (Å²) in [5.74, 6) is -0.341. The van der Waals surface area contributed by atoms with Crippen molar-refractivity contribution in [3.8, 4) is 0 Å². The highest BCUT2D eigenvalue weighted by Gasteiger charge is 2.41. The number of nitrogens with zero attached hydrogens (tertiary/aromatic N) is 2. The number of nitro groups is 1. The number of para-hydroxylation sites is 2. The zero-order chi connectivity index (χ0) is 24.5. The average molecular weight is 468 g/mol. The molecule has 1 heterocycles. The van der Waals surface area contributed by atoms with Crippen molar-refractivity contribution >= 4 is 28.8 Å².